The normalized spacial score (nSPS) is 11.8. The molecule has 0 fully saturated rings. The largest absolute Gasteiger partial charge is 0.493 e. The minimum atomic E-state index is -3.47. The van der Waals surface area contributed by atoms with Crippen molar-refractivity contribution in [2.75, 3.05) is 6.61 Å². The van der Waals surface area contributed by atoms with Crippen LogP contribution in [0.2, 0.25) is 0 Å². The topological polar surface area (TPSA) is 55.4 Å². The van der Waals surface area contributed by atoms with E-state index in [-0.39, 0.29) is 10.9 Å². The molecule has 0 aliphatic carbocycles. The molecule has 0 radical (unpaired) electrons. The summed E-state index contributed by atoms with van der Waals surface area (Å²) < 4.78 is 32.5. The Morgan fingerprint density at radius 1 is 1.41 bits per heavy atom. The van der Waals surface area contributed by atoms with E-state index >= 15 is 0 Å². The Morgan fingerprint density at radius 2 is 2.06 bits per heavy atom. The number of nitrogens with one attached hydrogen (secondary N) is 1. The number of ether oxygens (including phenoxy) is 1. The smallest absolute Gasteiger partial charge is 0.240 e. The molecule has 1 aromatic rings. The second-order valence-corrected chi connectivity index (χ2v) is 6.37. The molecule has 0 heterocycles. The zero-order chi connectivity index (χ0) is 13.1. The number of hydrogen-bond donors (Lipinski definition) is 1. The van der Waals surface area contributed by atoms with Gasteiger partial charge in [0.15, 0.2) is 0 Å². The summed E-state index contributed by atoms with van der Waals surface area (Å²) >= 11 is 3.31. The summed E-state index contributed by atoms with van der Waals surface area (Å²) in [6.07, 6.45) is 0. The van der Waals surface area contributed by atoms with Crippen molar-refractivity contribution in [2.24, 2.45) is 0 Å². The van der Waals surface area contributed by atoms with Gasteiger partial charge in [-0.3, -0.25) is 0 Å². The van der Waals surface area contributed by atoms with Crippen molar-refractivity contribution in [3.05, 3.63) is 22.7 Å². The Hall–Kier alpha value is -0.590. The second kappa shape index (κ2) is 5.84. The average molecular weight is 322 g/mol. The van der Waals surface area contributed by atoms with Gasteiger partial charge in [-0.25, -0.2) is 13.1 Å². The van der Waals surface area contributed by atoms with Crippen LogP contribution < -0.4 is 9.46 Å². The zero-order valence-corrected chi connectivity index (χ0v) is 12.4. The lowest BCUT2D eigenvalue weighted by molar-refractivity contribution is 0.337. The first-order chi connectivity index (χ1) is 7.86. The standard InChI is InChI=1S/C11H16BrNO3S/c1-4-16-11-7-9(5-6-10(11)12)17(14,15)13-8(2)3/h5-8,13H,4H2,1-3H3. The first-order valence-electron chi connectivity index (χ1n) is 5.31. The van der Waals surface area contributed by atoms with Crippen LogP contribution in [-0.2, 0) is 10.0 Å². The van der Waals surface area contributed by atoms with Crippen LogP contribution in [0.4, 0.5) is 0 Å². The van der Waals surface area contributed by atoms with Crippen molar-refractivity contribution in [1.82, 2.24) is 4.72 Å². The highest BCUT2D eigenvalue weighted by Crippen LogP contribution is 2.27. The van der Waals surface area contributed by atoms with E-state index in [4.69, 9.17) is 4.74 Å². The highest BCUT2D eigenvalue weighted by Gasteiger charge is 2.17. The van der Waals surface area contributed by atoms with Crippen LogP contribution in [0.25, 0.3) is 0 Å². The Labute approximate surface area is 111 Å². The van der Waals surface area contributed by atoms with Crippen LogP contribution in [0.3, 0.4) is 0 Å². The molecular formula is C11H16BrNO3S. The summed E-state index contributed by atoms with van der Waals surface area (Å²) in [6.45, 7) is 5.89. The lowest BCUT2D eigenvalue weighted by atomic mass is 10.3. The number of benzene rings is 1. The van der Waals surface area contributed by atoms with Gasteiger partial charge in [-0.15, -0.1) is 0 Å². The summed E-state index contributed by atoms with van der Waals surface area (Å²) in [4.78, 5) is 0.206. The third kappa shape index (κ3) is 3.97. The van der Waals surface area contributed by atoms with E-state index in [0.717, 1.165) is 4.47 Å². The van der Waals surface area contributed by atoms with Gasteiger partial charge < -0.3 is 4.74 Å². The lowest BCUT2D eigenvalue weighted by Crippen LogP contribution is -2.30. The highest BCUT2D eigenvalue weighted by molar-refractivity contribution is 9.10. The Bertz CT molecular complexity index is 485. The predicted octanol–water partition coefficient (Wildman–Crippen LogP) is 2.53. The molecule has 0 amide bonds. The van der Waals surface area contributed by atoms with Crippen molar-refractivity contribution in [1.29, 1.82) is 0 Å². The molecule has 6 heteroatoms. The quantitative estimate of drug-likeness (QED) is 0.906. The lowest BCUT2D eigenvalue weighted by Gasteiger charge is -2.12. The van der Waals surface area contributed by atoms with Gasteiger partial charge in [-0.2, -0.15) is 0 Å². The Morgan fingerprint density at radius 3 is 2.59 bits per heavy atom. The molecule has 0 saturated carbocycles. The number of sulfonamides is 1. The summed E-state index contributed by atoms with van der Waals surface area (Å²) in [5.41, 5.74) is 0. The van der Waals surface area contributed by atoms with Gasteiger partial charge in [0.1, 0.15) is 5.75 Å². The highest BCUT2D eigenvalue weighted by atomic mass is 79.9. The molecule has 96 valence electrons. The molecule has 0 saturated heterocycles. The molecule has 1 aromatic carbocycles. The first kappa shape index (κ1) is 14.5. The molecule has 0 aromatic heterocycles. The second-order valence-electron chi connectivity index (χ2n) is 3.80. The maximum absolute atomic E-state index is 11.9. The molecule has 0 aliphatic heterocycles. The summed E-state index contributed by atoms with van der Waals surface area (Å²) in [5.74, 6) is 0.527. The van der Waals surface area contributed by atoms with E-state index in [1.54, 1.807) is 19.9 Å². The van der Waals surface area contributed by atoms with Crippen LogP contribution in [0.5, 0.6) is 5.75 Å². The van der Waals surface area contributed by atoms with Crippen LogP contribution in [0.15, 0.2) is 27.6 Å². The summed E-state index contributed by atoms with van der Waals surface area (Å²) in [6, 6.07) is 4.58. The van der Waals surface area contributed by atoms with E-state index in [2.05, 4.69) is 20.7 Å². The molecule has 0 atom stereocenters. The van der Waals surface area contributed by atoms with E-state index in [1.165, 1.54) is 12.1 Å². The van der Waals surface area contributed by atoms with Gasteiger partial charge in [0.2, 0.25) is 10.0 Å². The fourth-order valence-electron chi connectivity index (χ4n) is 1.30. The number of hydrogen-bond acceptors (Lipinski definition) is 3. The Balaban J connectivity index is 3.11. The predicted molar refractivity (Wildman–Crippen MR) is 70.8 cm³/mol. The minimum absolute atomic E-state index is 0.140. The van der Waals surface area contributed by atoms with E-state index in [9.17, 15) is 8.42 Å². The number of halogens is 1. The molecule has 0 unspecified atom stereocenters. The molecule has 1 rings (SSSR count). The van der Waals surface area contributed by atoms with Crippen molar-refractivity contribution in [2.45, 2.75) is 31.7 Å². The van der Waals surface area contributed by atoms with E-state index < -0.39 is 10.0 Å². The van der Waals surface area contributed by atoms with Gasteiger partial charge in [0.25, 0.3) is 0 Å². The monoisotopic (exact) mass is 321 g/mol. The number of rotatable bonds is 5. The van der Waals surface area contributed by atoms with Crippen molar-refractivity contribution in [3.8, 4) is 5.75 Å². The third-order valence-electron chi connectivity index (χ3n) is 1.90. The molecule has 0 aliphatic rings. The third-order valence-corrected chi connectivity index (χ3v) is 4.22. The first-order valence-corrected chi connectivity index (χ1v) is 7.59. The van der Waals surface area contributed by atoms with Crippen molar-refractivity contribution < 1.29 is 13.2 Å². The molecule has 1 N–H and O–H groups in total. The maximum atomic E-state index is 11.9. The molecular weight excluding hydrogens is 306 g/mol. The van der Waals surface area contributed by atoms with Crippen molar-refractivity contribution >= 4 is 26.0 Å². The van der Waals surface area contributed by atoms with E-state index in [0.29, 0.717) is 12.4 Å². The molecule has 17 heavy (non-hydrogen) atoms. The van der Waals surface area contributed by atoms with Gasteiger partial charge in [-0.1, -0.05) is 0 Å². The van der Waals surface area contributed by atoms with Crippen molar-refractivity contribution in [3.63, 3.8) is 0 Å². The van der Waals surface area contributed by atoms with E-state index in [1.807, 2.05) is 6.92 Å². The molecule has 0 spiro atoms. The SMILES string of the molecule is CCOc1cc(S(=O)(=O)NC(C)C)ccc1Br. The van der Waals surface area contributed by atoms with Crippen LogP contribution in [-0.4, -0.2) is 21.1 Å². The molecule has 0 bridgehead atoms. The maximum Gasteiger partial charge on any atom is 0.240 e. The Kier molecular flexibility index (Phi) is 4.97. The zero-order valence-electron chi connectivity index (χ0n) is 10.0. The molecule has 4 nitrogen and oxygen atoms in total. The fourth-order valence-corrected chi connectivity index (χ4v) is 2.92. The van der Waals surface area contributed by atoms with Gasteiger partial charge in [0, 0.05) is 12.1 Å². The van der Waals surface area contributed by atoms with Gasteiger partial charge in [0.05, 0.1) is 16.0 Å². The van der Waals surface area contributed by atoms with Crippen LogP contribution in [0, 0.1) is 0 Å². The summed E-state index contributed by atoms with van der Waals surface area (Å²) in [7, 11) is -3.47. The van der Waals surface area contributed by atoms with Crippen LogP contribution in [0.1, 0.15) is 20.8 Å². The minimum Gasteiger partial charge on any atom is -0.493 e. The van der Waals surface area contributed by atoms with Gasteiger partial charge >= 0.3 is 0 Å². The van der Waals surface area contributed by atoms with Crippen LogP contribution >= 0.6 is 15.9 Å². The fraction of sp³-hybridized carbons (Fsp3) is 0.455. The van der Waals surface area contributed by atoms with Gasteiger partial charge in [-0.05, 0) is 48.8 Å². The average Bonchev–Trinajstić information content (AvgIpc) is 2.19. The summed E-state index contributed by atoms with van der Waals surface area (Å²) in [5, 5.41) is 0.